The maximum absolute atomic E-state index is 11.2. The van der Waals surface area contributed by atoms with Crippen LogP contribution in [-0.2, 0) is 9.53 Å². The Morgan fingerprint density at radius 1 is 1.42 bits per heavy atom. The lowest BCUT2D eigenvalue weighted by molar-refractivity contribution is -0.145. The first-order valence-electron chi connectivity index (χ1n) is 8.20. The van der Waals surface area contributed by atoms with E-state index in [2.05, 4.69) is 20.7 Å². The van der Waals surface area contributed by atoms with Crippen LogP contribution >= 0.6 is 11.5 Å². The van der Waals surface area contributed by atoms with E-state index in [0.717, 1.165) is 22.8 Å². The summed E-state index contributed by atoms with van der Waals surface area (Å²) in [6.07, 6.45) is -0.359. The summed E-state index contributed by atoms with van der Waals surface area (Å²) >= 11 is 1.16. The zero-order valence-corrected chi connectivity index (χ0v) is 16.3. The third-order valence-corrected chi connectivity index (χ3v) is 4.66. The lowest BCUT2D eigenvalue weighted by Gasteiger charge is -2.29. The number of nitrogens with zero attached hydrogens (tertiary/aromatic N) is 5. The van der Waals surface area contributed by atoms with E-state index in [9.17, 15) is 4.79 Å². The van der Waals surface area contributed by atoms with Crippen LogP contribution in [0.4, 0.5) is 16.4 Å². The van der Waals surface area contributed by atoms with E-state index in [1.54, 1.807) is 6.92 Å². The number of hydrogen-bond acceptors (Lipinski definition) is 8. The van der Waals surface area contributed by atoms with Crippen LogP contribution in [0.3, 0.4) is 0 Å². The van der Waals surface area contributed by atoms with Gasteiger partial charge in [0.1, 0.15) is 11.6 Å². The highest BCUT2D eigenvalue weighted by Gasteiger charge is 2.16. The zero-order chi connectivity index (χ0) is 19.3. The number of anilines is 1. The average Bonchev–Trinajstić information content (AvgIpc) is 2.94. The summed E-state index contributed by atoms with van der Waals surface area (Å²) in [6.45, 7) is 9.64. The van der Waals surface area contributed by atoms with E-state index >= 15 is 0 Å². The van der Waals surface area contributed by atoms with E-state index in [1.165, 1.54) is 6.92 Å². The molecule has 0 aliphatic rings. The van der Waals surface area contributed by atoms with Crippen molar-refractivity contribution in [1.82, 2.24) is 4.37 Å². The Hall–Kier alpha value is -2.79. The molecule has 1 aromatic carbocycles. The molecular weight excluding hydrogens is 350 g/mol. The smallest absolute Gasteiger partial charge is 0.304 e. The minimum atomic E-state index is -0.359. The van der Waals surface area contributed by atoms with Gasteiger partial charge in [-0.15, -0.1) is 10.2 Å². The van der Waals surface area contributed by atoms with Crippen molar-refractivity contribution in [2.24, 2.45) is 10.2 Å². The Balaban J connectivity index is 2.25. The van der Waals surface area contributed by atoms with Gasteiger partial charge in [-0.2, -0.15) is 9.64 Å². The molecule has 1 aromatic heterocycles. The highest BCUT2D eigenvalue weighted by molar-refractivity contribution is 7.10. The maximum atomic E-state index is 11.2. The van der Waals surface area contributed by atoms with Crippen LogP contribution < -0.4 is 4.90 Å². The van der Waals surface area contributed by atoms with Crippen LogP contribution in [0, 0.1) is 25.2 Å². The Bertz CT molecular complexity index is 869. The van der Waals surface area contributed by atoms with Gasteiger partial charge in [-0.1, -0.05) is 0 Å². The number of azo groups is 1. The van der Waals surface area contributed by atoms with Gasteiger partial charge in [-0.3, -0.25) is 4.79 Å². The average molecular weight is 371 g/mol. The largest absolute Gasteiger partial charge is 0.442 e. The summed E-state index contributed by atoms with van der Waals surface area (Å²) in [7, 11) is 0. The van der Waals surface area contributed by atoms with Gasteiger partial charge in [0.15, 0.2) is 11.2 Å². The Morgan fingerprint density at radius 2 is 2.15 bits per heavy atom. The summed E-state index contributed by atoms with van der Waals surface area (Å²) in [4.78, 5) is 13.2. The number of hydrogen-bond donors (Lipinski definition) is 0. The van der Waals surface area contributed by atoms with Gasteiger partial charge < -0.3 is 9.64 Å². The van der Waals surface area contributed by atoms with Crippen molar-refractivity contribution in [3.05, 3.63) is 35.0 Å². The van der Waals surface area contributed by atoms with E-state index < -0.39 is 0 Å². The fourth-order valence-electron chi connectivity index (χ4n) is 2.54. The summed E-state index contributed by atoms with van der Waals surface area (Å²) in [6, 6.07) is 7.84. The van der Waals surface area contributed by atoms with Crippen LogP contribution in [0.15, 0.2) is 28.4 Å². The van der Waals surface area contributed by atoms with Crippen molar-refractivity contribution in [3.8, 4) is 6.07 Å². The molecule has 0 amide bonds. The number of carbonyl (C=O) groups is 1. The molecule has 2 rings (SSSR count). The Kier molecular flexibility index (Phi) is 6.41. The van der Waals surface area contributed by atoms with Crippen LogP contribution in [0.2, 0.25) is 0 Å². The number of aryl methyl sites for hydroxylation is 2. The molecule has 0 radical (unpaired) electrons. The van der Waals surface area contributed by atoms with Gasteiger partial charge in [0.25, 0.3) is 0 Å². The number of esters is 1. The van der Waals surface area contributed by atoms with Gasteiger partial charge in [0, 0.05) is 19.2 Å². The van der Waals surface area contributed by atoms with E-state index in [-0.39, 0.29) is 12.2 Å². The van der Waals surface area contributed by atoms with Crippen molar-refractivity contribution >= 4 is 33.9 Å². The molecule has 0 saturated heterocycles. The third-order valence-electron chi connectivity index (χ3n) is 3.83. The van der Waals surface area contributed by atoms with Crippen LogP contribution in [0.1, 0.15) is 37.6 Å². The minimum Gasteiger partial charge on any atom is -0.442 e. The molecule has 8 heteroatoms. The molecule has 0 bridgehead atoms. The number of carbonyl (C=O) groups excluding carboxylic acids is 1. The predicted molar refractivity (Wildman–Crippen MR) is 101 cm³/mol. The second-order valence-electron chi connectivity index (χ2n) is 5.73. The fourth-order valence-corrected chi connectivity index (χ4v) is 3.21. The zero-order valence-electron chi connectivity index (χ0n) is 15.5. The highest BCUT2D eigenvalue weighted by Crippen LogP contribution is 2.31. The molecular formula is C18H21N5O2S. The number of benzene rings is 1. The van der Waals surface area contributed by atoms with Crippen molar-refractivity contribution in [2.45, 2.75) is 40.8 Å². The van der Waals surface area contributed by atoms with Gasteiger partial charge in [0.2, 0.25) is 0 Å². The van der Waals surface area contributed by atoms with Gasteiger partial charge >= 0.3 is 5.97 Å². The van der Waals surface area contributed by atoms with E-state index in [1.807, 2.05) is 43.9 Å². The van der Waals surface area contributed by atoms with E-state index in [0.29, 0.717) is 28.5 Å². The summed E-state index contributed by atoms with van der Waals surface area (Å²) in [5.41, 5.74) is 3.69. The third kappa shape index (κ3) is 4.43. The summed E-state index contributed by atoms with van der Waals surface area (Å²) in [5, 5.41) is 18.1. The highest BCUT2D eigenvalue weighted by atomic mass is 32.1. The van der Waals surface area contributed by atoms with E-state index in [4.69, 9.17) is 10.00 Å². The molecule has 1 atom stereocenters. The molecule has 0 aliphatic carbocycles. The topological polar surface area (TPSA) is 90.9 Å². The molecule has 0 N–H and O–H groups in total. The quantitative estimate of drug-likeness (QED) is 0.414. The Morgan fingerprint density at radius 3 is 2.73 bits per heavy atom. The van der Waals surface area contributed by atoms with Crippen LogP contribution in [0.5, 0.6) is 0 Å². The first kappa shape index (κ1) is 19.5. The molecule has 26 heavy (non-hydrogen) atoms. The fraction of sp³-hybridized carbons (Fsp3) is 0.389. The van der Waals surface area contributed by atoms with Gasteiger partial charge in [0.05, 0.1) is 11.4 Å². The first-order valence-corrected chi connectivity index (χ1v) is 8.97. The molecule has 0 aliphatic heterocycles. The Labute approximate surface area is 157 Å². The molecule has 0 saturated carbocycles. The van der Waals surface area contributed by atoms with Crippen LogP contribution in [0.25, 0.3) is 0 Å². The molecule has 1 unspecified atom stereocenters. The van der Waals surface area contributed by atoms with Crippen molar-refractivity contribution < 1.29 is 9.53 Å². The number of ether oxygens (including phenoxy) is 1. The summed E-state index contributed by atoms with van der Waals surface area (Å²) in [5.74, 6) is -0.314. The lowest BCUT2D eigenvalue weighted by atomic mass is 10.1. The van der Waals surface area contributed by atoms with Crippen molar-refractivity contribution in [3.63, 3.8) is 0 Å². The molecule has 7 nitrogen and oxygen atoms in total. The van der Waals surface area contributed by atoms with Crippen molar-refractivity contribution in [1.29, 1.82) is 5.26 Å². The molecule has 2 aromatic rings. The number of nitriles is 1. The predicted octanol–water partition coefficient (Wildman–Crippen LogP) is 4.78. The van der Waals surface area contributed by atoms with Crippen LogP contribution in [-0.4, -0.2) is 23.1 Å². The normalized spacial score (nSPS) is 12.0. The molecule has 0 spiro atoms. The standard InChI is InChI=1S/C18H21N5O2S/c1-6-23(13(4)25-14(5)24)15-7-8-17(11(2)9-15)20-21-18-16(10-19)12(3)22-26-18/h7-9,13H,6H2,1-5H3/b21-20+. The van der Waals surface area contributed by atoms with Crippen molar-refractivity contribution in [2.75, 3.05) is 11.4 Å². The molecule has 0 fully saturated rings. The SMILES string of the molecule is CCN(c1ccc(/N=N/c2snc(C)c2C#N)c(C)c1)C(C)OC(C)=O. The monoisotopic (exact) mass is 371 g/mol. The maximum Gasteiger partial charge on any atom is 0.304 e. The number of rotatable bonds is 6. The second-order valence-corrected chi connectivity index (χ2v) is 6.48. The second kappa shape index (κ2) is 8.54. The first-order chi connectivity index (χ1) is 12.4. The lowest BCUT2D eigenvalue weighted by Crippen LogP contribution is -2.36. The summed E-state index contributed by atoms with van der Waals surface area (Å²) < 4.78 is 9.40. The van der Waals surface area contributed by atoms with Gasteiger partial charge in [-0.25, -0.2) is 0 Å². The van der Waals surface area contributed by atoms with Gasteiger partial charge in [-0.05, 0) is 63.0 Å². The minimum absolute atomic E-state index is 0.314. The molecule has 1 heterocycles. The number of aromatic nitrogens is 1. The molecule has 136 valence electrons.